The Morgan fingerprint density at radius 1 is 1.50 bits per heavy atom. The van der Waals surface area contributed by atoms with Crippen LogP contribution in [-0.2, 0) is 17.8 Å². The van der Waals surface area contributed by atoms with Gasteiger partial charge >= 0.3 is 0 Å². The molecule has 0 amide bonds. The van der Waals surface area contributed by atoms with E-state index in [0.717, 1.165) is 11.1 Å². The zero-order valence-electron chi connectivity index (χ0n) is 7.46. The number of hydrogen-bond acceptors (Lipinski definition) is 2. The van der Waals surface area contributed by atoms with Gasteiger partial charge in [0.25, 0.3) is 0 Å². The fraction of sp³-hybridized carbons (Fsp3) is 0.300. The summed E-state index contributed by atoms with van der Waals surface area (Å²) >= 11 is 9.00. The molecule has 0 heterocycles. The van der Waals surface area contributed by atoms with Gasteiger partial charge in [0.1, 0.15) is 5.78 Å². The van der Waals surface area contributed by atoms with Gasteiger partial charge in [-0.2, -0.15) is 0 Å². The van der Waals surface area contributed by atoms with Gasteiger partial charge in [-0.3, -0.25) is 4.79 Å². The number of alkyl halides is 1. The van der Waals surface area contributed by atoms with Crippen molar-refractivity contribution in [2.75, 3.05) is 5.33 Å². The molecule has 0 radical (unpaired) electrons. The predicted molar refractivity (Wildman–Crippen MR) is 59.9 cm³/mol. The highest BCUT2D eigenvalue weighted by atomic mass is 79.9. The van der Waals surface area contributed by atoms with Crippen molar-refractivity contribution in [1.82, 2.24) is 0 Å². The fourth-order valence-corrected chi connectivity index (χ4v) is 1.50. The molecule has 0 spiro atoms. The van der Waals surface area contributed by atoms with E-state index in [2.05, 4.69) is 15.9 Å². The van der Waals surface area contributed by atoms with Gasteiger partial charge in [-0.05, 0) is 17.2 Å². The first kappa shape index (κ1) is 11.7. The molecule has 0 bridgehead atoms. The summed E-state index contributed by atoms with van der Waals surface area (Å²) in [5.74, 6) is 0.0713. The smallest absolute Gasteiger partial charge is 0.147 e. The van der Waals surface area contributed by atoms with Crippen molar-refractivity contribution >= 4 is 33.3 Å². The molecule has 2 nitrogen and oxygen atoms in total. The first-order chi connectivity index (χ1) is 6.67. The summed E-state index contributed by atoms with van der Waals surface area (Å²) in [5, 5.41) is 9.80. The molecule has 1 aromatic carbocycles. The third-order valence-electron chi connectivity index (χ3n) is 1.83. The molecule has 0 fully saturated rings. The molecule has 0 saturated carbocycles. The largest absolute Gasteiger partial charge is 0.392 e. The maximum atomic E-state index is 11.2. The molecule has 0 aliphatic heterocycles. The lowest BCUT2D eigenvalue weighted by Gasteiger charge is -2.04. The van der Waals surface area contributed by atoms with Crippen LogP contribution in [0, 0.1) is 0 Å². The molecule has 0 aliphatic rings. The first-order valence-electron chi connectivity index (χ1n) is 4.13. The molecule has 1 N–H and O–H groups in total. The second kappa shape index (κ2) is 5.49. The number of carbonyl (C=O) groups excluding carboxylic acids is 1. The highest BCUT2D eigenvalue weighted by Gasteiger charge is 2.06. The van der Waals surface area contributed by atoms with Crippen molar-refractivity contribution in [3.63, 3.8) is 0 Å². The summed E-state index contributed by atoms with van der Waals surface area (Å²) in [6, 6.07) is 5.19. The number of ketones is 1. The number of aliphatic hydroxyl groups excluding tert-OH is 1. The van der Waals surface area contributed by atoms with E-state index in [1.807, 2.05) is 0 Å². The number of aliphatic hydroxyl groups is 1. The third-order valence-corrected chi connectivity index (χ3v) is 2.82. The topological polar surface area (TPSA) is 37.3 Å². The number of hydrogen-bond donors (Lipinski definition) is 1. The van der Waals surface area contributed by atoms with Crippen LogP contribution in [0.2, 0.25) is 5.02 Å². The van der Waals surface area contributed by atoms with Gasteiger partial charge in [-0.25, -0.2) is 0 Å². The van der Waals surface area contributed by atoms with E-state index in [1.165, 1.54) is 0 Å². The van der Waals surface area contributed by atoms with Gasteiger partial charge in [-0.15, -0.1) is 0 Å². The molecule has 76 valence electrons. The van der Waals surface area contributed by atoms with Gasteiger partial charge < -0.3 is 5.11 Å². The van der Waals surface area contributed by atoms with Crippen LogP contribution in [0.5, 0.6) is 0 Å². The monoisotopic (exact) mass is 276 g/mol. The maximum Gasteiger partial charge on any atom is 0.147 e. The number of carbonyl (C=O) groups is 1. The molecule has 4 heteroatoms. The van der Waals surface area contributed by atoms with Crippen LogP contribution in [0.15, 0.2) is 18.2 Å². The minimum atomic E-state index is -0.0350. The summed E-state index contributed by atoms with van der Waals surface area (Å²) in [6.45, 7) is -0.0350. The molecule has 0 atom stereocenters. The summed E-state index contributed by atoms with van der Waals surface area (Å²) in [5.41, 5.74) is 1.54. The van der Waals surface area contributed by atoms with E-state index in [4.69, 9.17) is 16.7 Å². The van der Waals surface area contributed by atoms with Crippen LogP contribution < -0.4 is 0 Å². The second-order valence-corrected chi connectivity index (χ2v) is 3.90. The van der Waals surface area contributed by atoms with Crippen molar-refractivity contribution < 1.29 is 9.90 Å². The van der Waals surface area contributed by atoms with Crippen LogP contribution in [0.3, 0.4) is 0 Å². The summed E-state index contributed by atoms with van der Waals surface area (Å²) in [4.78, 5) is 11.2. The van der Waals surface area contributed by atoms with E-state index in [9.17, 15) is 4.79 Å². The summed E-state index contributed by atoms with van der Waals surface area (Å²) in [7, 11) is 0. The highest BCUT2D eigenvalue weighted by molar-refractivity contribution is 9.09. The number of benzene rings is 1. The Kier molecular flexibility index (Phi) is 4.58. The van der Waals surface area contributed by atoms with Crippen molar-refractivity contribution in [2.45, 2.75) is 13.0 Å². The van der Waals surface area contributed by atoms with Gasteiger partial charge in [0.05, 0.1) is 11.9 Å². The number of halogens is 2. The Hall–Kier alpha value is -0.380. The maximum absolute atomic E-state index is 11.2. The Balaban J connectivity index is 2.89. The van der Waals surface area contributed by atoms with Crippen molar-refractivity contribution in [1.29, 1.82) is 0 Å². The molecule has 1 aromatic rings. The van der Waals surface area contributed by atoms with Crippen molar-refractivity contribution in [3.05, 3.63) is 34.3 Å². The van der Waals surface area contributed by atoms with Crippen LogP contribution in [-0.4, -0.2) is 16.2 Å². The SMILES string of the molecule is O=C(CBr)Cc1cc(CO)ccc1Cl. The van der Waals surface area contributed by atoms with Gasteiger partial charge in [-0.1, -0.05) is 39.7 Å². The lowest BCUT2D eigenvalue weighted by molar-refractivity contribution is -0.115. The number of rotatable bonds is 4. The van der Waals surface area contributed by atoms with E-state index in [-0.39, 0.29) is 12.4 Å². The van der Waals surface area contributed by atoms with E-state index in [0.29, 0.717) is 16.8 Å². The molecule has 0 unspecified atom stereocenters. The summed E-state index contributed by atoms with van der Waals surface area (Å²) < 4.78 is 0. The van der Waals surface area contributed by atoms with E-state index >= 15 is 0 Å². The van der Waals surface area contributed by atoms with Crippen molar-refractivity contribution in [2.24, 2.45) is 0 Å². The Morgan fingerprint density at radius 2 is 2.21 bits per heavy atom. The van der Waals surface area contributed by atoms with Crippen LogP contribution in [0.4, 0.5) is 0 Å². The standard InChI is InChI=1S/C10H10BrClO2/c11-5-9(14)4-8-3-7(6-13)1-2-10(8)12/h1-3,13H,4-6H2. The Bertz CT molecular complexity index is 339. The lowest BCUT2D eigenvalue weighted by Crippen LogP contribution is -2.04. The minimum Gasteiger partial charge on any atom is -0.392 e. The zero-order valence-corrected chi connectivity index (χ0v) is 9.81. The third kappa shape index (κ3) is 3.08. The molecule has 0 aliphatic carbocycles. The van der Waals surface area contributed by atoms with Crippen LogP contribution >= 0.6 is 27.5 Å². The predicted octanol–water partition coefficient (Wildman–Crippen LogP) is 2.34. The molecule has 0 aromatic heterocycles. The van der Waals surface area contributed by atoms with E-state index < -0.39 is 0 Å². The highest BCUT2D eigenvalue weighted by Crippen LogP contribution is 2.18. The first-order valence-corrected chi connectivity index (χ1v) is 5.63. The molecule has 1 rings (SSSR count). The average molecular weight is 278 g/mol. The van der Waals surface area contributed by atoms with Crippen LogP contribution in [0.1, 0.15) is 11.1 Å². The Labute approximate surface area is 96.0 Å². The van der Waals surface area contributed by atoms with E-state index in [1.54, 1.807) is 18.2 Å². The second-order valence-electron chi connectivity index (χ2n) is 2.93. The molecule has 14 heavy (non-hydrogen) atoms. The molecule has 0 saturated heterocycles. The Morgan fingerprint density at radius 3 is 2.79 bits per heavy atom. The lowest BCUT2D eigenvalue weighted by atomic mass is 10.1. The van der Waals surface area contributed by atoms with Gasteiger partial charge in [0, 0.05) is 11.4 Å². The molecular formula is C10H10BrClO2. The quantitative estimate of drug-likeness (QED) is 0.858. The molecular weight excluding hydrogens is 267 g/mol. The van der Waals surface area contributed by atoms with Gasteiger partial charge in [0.2, 0.25) is 0 Å². The number of Topliss-reactive ketones (excluding diaryl/α,β-unsaturated/α-hetero) is 1. The zero-order chi connectivity index (χ0) is 10.6. The summed E-state index contributed by atoms with van der Waals surface area (Å²) in [6.07, 6.45) is 0.303. The van der Waals surface area contributed by atoms with Crippen molar-refractivity contribution in [3.8, 4) is 0 Å². The fourth-order valence-electron chi connectivity index (χ4n) is 1.12. The van der Waals surface area contributed by atoms with Crippen LogP contribution in [0.25, 0.3) is 0 Å². The van der Waals surface area contributed by atoms with Gasteiger partial charge in [0.15, 0.2) is 0 Å². The average Bonchev–Trinajstić information content (AvgIpc) is 2.21. The minimum absolute atomic E-state index is 0.0350. The normalized spacial score (nSPS) is 10.2.